The maximum atomic E-state index is 13.4. The van der Waals surface area contributed by atoms with E-state index in [-0.39, 0.29) is 11.3 Å². The molecule has 28 heavy (non-hydrogen) atoms. The van der Waals surface area contributed by atoms with Gasteiger partial charge < -0.3 is 4.90 Å². The molecule has 1 aromatic heterocycles. The average molecular weight is 384 g/mol. The quantitative estimate of drug-likeness (QED) is 0.555. The summed E-state index contributed by atoms with van der Waals surface area (Å²) in [4.78, 5) is 18.8. The van der Waals surface area contributed by atoms with Crippen LogP contribution in [0.2, 0.25) is 0 Å². The van der Waals surface area contributed by atoms with E-state index in [9.17, 15) is 18.0 Å². The minimum absolute atomic E-state index is 0.0857. The van der Waals surface area contributed by atoms with Crippen molar-refractivity contribution in [3.63, 3.8) is 0 Å². The Labute approximate surface area is 160 Å². The molecule has 1 saturated heterocycles. The monoisotopic (exact) mass is 384 g/mol. The summed E-state index contributed by atoms with van der Waals surface area (Å²) < 4.78 is 40.1. The Morgan fingerprint density at radius 3 is 2.36 bits per heavy atom. The van der Waals surface area contributed by atoms with Crippen LogP contribution < -0.4 is 4.90 Å². The number of carbonyl (C=O) groups is 1. The van der Waals surface area contributed by atoms with E-state index < -0.39 is 12.0 Å². The molecule has 0 N–H and O–H groups in total. The number of hydrogen-bond acceptors (Lipinski definition) is 3. The Morgan fingerprint density at radius 2 is 1.71 bits per heavy atom. The smallest absolute Gasteiger partial charge is 0.372 e. The minimum Gasteiger partial charge on any atom is -0.372 e. The second kappa shape index (κ2) is 6.93. The average Bonchev–Trinajstić information content (AvgIpc) is 3.21. The largest absolute Gasteiger partial charge is 0.454 e. The first-order valence-electron chi connectivity index (χ1n) is 9.22. The van der Waals surface area contributed by atoms with Crippen molar-refractivity contribution in [2.45, 2.75) is 25.9 Å². The zero-order valence-corrected chi connectivity index (χ0v) is 15.4. The molecule has 3 aromatic rings. The molecular weight excluding hydrogens is 365 g/mol. The zero-order chi connectivity index (χ0) is 19.9. The summed E-state index contributed by atoms with van der Waals surface area (Å²) in [5, 5.41) is 0.564. The SMILES string of the molecule is Cc1nc2ccc(N3CCCC3)cc2c(-c2ccccc2)c1C(=O)C(F)(F)F. The summed E-state index contributed by atoms with van der Waals surface area (Å²) in [6, 6.07) is 14.4. The van der Waals surface area contributed by atoms with Crippen molar-refractivity contribution in [3.8, 4) is 11.1 Å². The number of Topliss-reactive ketones (excluding diaryl/α,β-unsaturated/α-hetero) is 1. The Kier molecular flexibility index (Phi) is 4.57. The first-order chi connectivity index (χ1) is 13.4. The number of benzene rings is 2. The Morgan fingerprint density at radius 1 is 1.04 bits per heavy atom. The highest BCUT2D eigenvalue weighted by atomic mass is 19.4. The molecule has 0 bridgehead atoms. The van der Waals surface area contributed by atoms with Crippen LogP contribution in [-0.2, 0) is 0 Å². The van der Waals surface area contributed by atoms with E-state index in [4.69, 9.17) is 0 Å². The predicted octanol–water partition coefficient (Wildman–Crippen LogP) is 5.56. The molecule has 1 aliphatic heterocycles. The Hall–Kier alpha value is -2.89. The van der Waals surface area contributed by atoms with Crippen molar-refractivity contribution in [2.24, 2.45) is 0 Å². The summed E-state index contributed by atoms with van der Waals surface area (Å²) in [6.07, 6.45) is -2.78. The molecule has 144 valence electrons. The lowest BCUT2D eigenvalue weighted by atomic mass is 9.91. The fraction of sp³-hybridized carbons (Fsp3) is 0.273. The standard InChI is InChI=1S/C22H19F3N2O/c1-14-19(21(28)22(23,24)25)20(15-7-3-2-4-8-15)17-13-16(9-10-18(17)26-14)27-11-5-6-12-27/h2-4,7-10,13H,5-6,11-12H2,1H3. The van der Waals surface area contributed by atoms with E-state index in [1.165, 1.54) is 6.92 Å². The zero-order valence-electron chi connectivity index (χ0n) is 15.4. The lowest BCUT2D eigenvalue weighted by Gasteiger charge is -2.20. The summed E-state index contributed by atoms with van der Waals surface area (Å²) in [6.45, 7) is 3.29. The highest BCUT2D eigenvalue weighted by Gasteiger charge is 2.42. The van der Waals surface area contributed by atoms with Crippen molar-refractivity contribution < 1.29 is 18.0 Å². The molecule has 4 rings (SSSR count). The maximum Gasteiger partial charge on any atom is 0.454 e. The molecule has 1 fully saturated rings. The van der Waals surface area contributed by atoms with Crippen LogP contribution in [0.5, 0.6) is 0 Å². The van der Waals surface area contributed by atoms with Crippen LogP contribution in [0.3, 0.4) is 0 Å². The molecule has 0 amide bonds. The van der Waals surface area contributed by atoms with Crippen LogP contribution in [0, 0.1) is 6.92 Å². The van der Waals surface area contributed by atoms with Gasteiger partial charge in [0, 0.05) is 35.4 Å². The van der Waals surface area contributed by atoms with Crippen molar-refractivity contribution in [3.05, 3.63) is 59.8 Å². The number of halogens is 3. The van der Waals surface area contributed by atoms with Gasteiger partial charge in [0.1, 0.15) is 0 Å². The third-order valence-corrected chi connectivity index (χ3v) is 5.17. The second-order valence-corrected chi connectivity index (χ2v) is 7.04. The van der Waals surface area contributed by atoms with E-state index in [1.54, 1.807) is 30.3 Å². The van der Waals surface area contributed by atoms with E-state index in [2.05, 4.69) is 9.88 Å². The number of ketones is 1. The number of anilines is 1. The summed E-state index contributed by atoms with van der Waals surface area (Å²) in [5.74, 6) is -1.86. The molecule has 6 heteroatoms. The van der Waals surface area contributed by atoms with Gasteiger partial charge in [0.15, 0.2) is 0 Å². The molecule has 0 spiro atoms. The number of rotatable bonds is 3. The fourth-order valence-corrected chi connectivity index (χ4v) is 3.87. The van der Waals surface area contributed by atoms with Crippen molar-refractivity contribution in [1.82, 2.24) is 4.98 Å². The highest BCUT2D eigenvalue weighted by molar-refractivity contribution is 6.13. The number of carbonyl (C=O) groups excluding carboxylic acids is 1. The van der Waals surface area contributed by atoms with Crippen molar-refractivity contribution in [2.75, 3.05) is 18.0 Å². The van der Waals surface area contributed by atoms with Crippen LogP contribution in [0.25, 0.3) is 22.0 Å². The van der Waals surface area contributed by atoms with Crippen LogP contribution in [0.1, 0.15) is 28.9 Å². The Balaban J connectivity index is 2.04. The van der Waals surface area contributed by atoms with E-state index in [0.29, 0.717) is 22.0 Å². The molecule has 1 aliphatic rings. The normalized spacial score (nSPS) is 14.6. The molecule has 2 heterocycles. The van der Waals surface area contributed by atoms with E-state index in [0.717, 1.165) is 31.6 Å². The van der Waals surface area contributed by atoms with E-state index in [1.807, 2.05) is 18.2 Å². The van der Waals surface area contributed by atoms with Gasteiger partial charge in [0.05, 0.1) is 11.1 Å². The molecule has 0 radical (unpaired) electrons. The summed E-state index contributed by atoms with van der Waals surface area (Å²) >= 11 is 0. The van der Waals surface area contributed by atoms with Crippen molar-refractivity contribution >= 4 is 22.4 Å². The van der Waals surface area contributed by atoms with Gasteiger partial charge in [-0.1, -0.05) is 30.3 Å². The molecule has 0 unspecified atom stereocenters. The van der Waals surface area contributed by atoms with Crippen LogP contribution in [-0.4, -0.2) is 30.0 Å². The first-order valence-corrected chi connectivity index (χ1v) is 9.22. The molecule has 2 aromatic carbocycles. The fourth-order valence-electron chi connectivity index (χ4n) is 3.87. The number of aryl methyl sites for hydroxylation is 1. The molecule has 3 nitrogen and oxygen atoms in total. The predicted molar refractivity (Wildman–Crippen MR) is 104 cm³/mol. The number of hydrogen-bond donors (Lipinski definition) is 0. The number of nitrogens with zero attached hydrogens (tertiary/aromatic N) is 2. The number of alkyl halides is 3. The molecular formula is C22H19F3N2O. The first kappa shape index (κ1) is 18.5. The lowest BCUT2D eigenvalue weighted by molar-refractivity contribution is -0.0885. The maximum absolute atomic E-state index is 13.4. The van der Waals surface area contributed by atoms with Gasteiger partial charge in [-0.2, -0.15) is 13.2 Å². The van der Waals surface area contributed by atoms with Gasteiger partial charge in [0.25, 0.3) is 5.78 Å². The van der Waals surface area contributed by atoms with Gasteiger partial charge in [-0.15, -0.1) is 0 Å². The molecule has 0 aliphatic carbocycles. The number of aromatic nitrogens is 1. The van der Waals surface area contributed by atoms with Gasteiger partial charge in [-0.25, -0.2) is 0 Å². The summed E-state index contributed by atoms with van der Waals surface area (Å²) in [5.41, 5.74) is 2.11. The van der Waals surface area contributed by atoms with Crippen molar-refractivity contribution in [1.29, 1.82) is 0 Å². The van der Waals surface area contributed by atoms with Gasteiger partial charge in [-0.05, 0) is 43.5 Å². The molecule has 0 atom stereocenters. The van der Waals surface area contributed by atoms with Gasteiger partial charge in [0.2, 0.25) is 0 Å². The summed E-state index contributed by atoms with van der Waals surface area (Å²) in [7, 11) is 0. The van der Waals surface area contributed by atoms with Gasteiger partial charge in [-0.3, -0.25) is 9.78 Å². The van der Waals surface area contributed by atoms with Crippen LogP contribution in [0.15, 0.2) is 48.5 Å². The Bertz CT molecular complexity index is 1040. The second-order valence-electron chi connectivity index (χ2n) is 7.04. The lowest BCUT2D eigenvalue weighted by Crippen LogP contribution is -2.25. The highest BCUT2D eigenvalue weighted by Crippen LogP contribution is 2.38. The third-order valence-electron chi connectivity index (χ3n) is 5.17. The number of pyridine rings is 1. The number of fused-ring (bicyclic) bond motifs is 1. The van der Waals surface area contributed by atoms with E-state index >= 15 is 0 Å². The van der Waals surface area contributed by atoms with Crippen LogP contribution in [0.4, 0.5) is 18.9 Å². The van der Waals surface area contributed by atoms with Crippen LogP contribution >= 0.6 is 0 Å². The topological polar surface area (TPSA) is 33.2 Å². The third kappa shape index (κ3) is 3.23. The minimum atomic E-state index is -4.96. The van der Waals surface area contributed by atoms with Gasteiger partial charge >= 0.3 is 6.18 Å². The molecule has 0 saturated carbocycles.